The molecule has 9 heteroatoms. The van der Waals surface area contributed by atoms with E-state index in [9.17, 15) is 18.0 Å². The van der Waals surface area contributed by atoms with Gasteiger partial charge in [0.25, 0.3) is 0 Å². The van der Waals surface area contributed by atoms with Crippen LogP contribution in [-0.4, -0.2) is 55.1 Å². The van der Waals surface area contributed by atoms with Crippen LogP contribution in [0.4, 0.5) is 0 Å². The van der Waals surface area contributed by atoms with E-state index in [-0.39, 0.29) is 23.4 Å². The molecule has 7 nitrogen and oxygen atoms in total. The second-order valence-electron chi connectivity index (χ2n) is 8.46. The zero-order valence-corrected chi connectivity index (χ0v) is 22.0. The fraction of sp³-hybridized carbons (Fsp3) is 0.440. The first-order chi connectivity index (χ1) is 16.0. The van der Waals surface area contributed by atoms with Crippen LogP contribution in [0, 0.1) is 6.92 Å². The molecule has 0 radical (unpaired) electrons. The molecule has 2 amide bonds. The lowest BCUT2D eigenvalue weighted by molar-refractivity contribution is -0.141. The molecule has 0 bridgehead atoms. The Morgan fingerprint density at radius 1 is 1.00 bits per heavy atom. The van der Waals surface area contributed by atoms with Crippen molar-refractivity contribution in [2.45, 2.75) is 64.1 Å². The molecule has 0 aliphatic rings. The summed E-state index contributed by atoms with van der Waals surface area (Å²) in [5.41, 5.74) is 1.94. The molecule has 0 aliphatic carbocycles. The highest BCUT2D eigenvalue weighted by Gasteiger charge is 2.32. The minimum atomic E-state index is -3.91. The molecule has 0 heterocycles. The fourth-order valence-electron chi connectivity index (χ4n) is 3.40. The van der Waals surface area contributed by atoms with Gasteiger partial charge in [-0.25, -0.2) is 8.42 Å². The molecule has 2 rings (SSSR count). The van der Waals surface area contributed by atoms with Crippen molar-refractivity contribution >= 4 is 33.4 Å². The molecule has 0 fully saturated rings. The monoisotopic (exact) mass is 507 g/mol. The van der Waals surface area contributed by atoms with Gasteiger partial charge in [0, 0.05) is 24.7 Å². The lowest BCUT2D eigenvalue weighted by Gasteiger charge is -2.32. The first kappa shape index (κ1) is 27.8. The zero-order valence-electron chi connectivity index (χ0n) is 20.4. The highest BCUT2D eigenvalue weighted by Crippen LogP contribution is 2.19. The summed E-state index contributed by atoms with van der Waals surface area (Å²) >= 11 is 5.87. The van der Waals surface area contributed by atoms with Crippen molar-refractivity contribution in [2.75, 3.05) is 13.6 Å². The second kappa shape index (κ2) is 12.3. The fourth-order valence-corrected chi connectivity index (χ4v) is 4.65. The minimum absolute atomic E-state index is 0.0363. The second-order valence-corrected chi connectivity index (χ2v) is 10.9. The van der Waals surface area contributed by atoms with Crippen LogP contribution < -0.4 is 5.32 Å². The van der Waals surface area contributed by atoms with Gasteiger partial charge in [-0.05, 0) is 56.5 Å². The standard InChI is InChI=1S/C25H34ClN3O4S/c1-6-19(4)27-25(31)23(7-2)29(16-20-10-8-18(3)9-11-20)24(30)17-28(5)34(32,33)22-14-12-21(26)13-15-22/h8-15,19,23H,6-7,16-17H2,1-5H3,(H,27,31)/t19-,23-/m1/s1. The summed E-state index contributed by atoms with van der Waals surface area (Å²) in [5, 5.41) is 3.37. The van der Waals surface area contributed by atoms with Crippen LogP contribution in [0.1, 0.15) is 44.7 Å². The average molecular weight is 508 g/mol. The van der Waals surface area contributed by atoms with Gasteiger partial charge >= 0.3 is 0 Å². The number of likely N-dealkylation sites (N-methyl/N-ethyl adjacent to an activating group) is 1. The van der Waals surface area contributed by atoms with Crippen LogP contribution in [0.5, 0.6) is 0 Å². The number of aryl methyl sites for hydroxylation is 1. The predicted octanol–water partition coefficient (Wildman–Crippen LogP) is 3.99. The van der Waals surface area contributed by atoms with E-state index in [1.807, 2.05) is 52.0 Å². The molecule has 0 spiro atoms. The number of nitrogens with one attached hydrogen (secondary N) is 1. The Kier molecular flexibility index (Phi) is 10.1. The van der Waals surface area contributed by atoms with Gasteiger partial charge in [-0.15, -0.1) is 0 Å². The number of halogens is 1. The summed E-state index contributed by atoms with van der Waals surface area (Å²) in [6, 6.07) is 12.7. The van der Waals surface area contributed by atoms with Crippen molar-refractivity contribution in [3.63, 3.8) is 0 Å². The SMILES string of the molecule is CC[C@@H](C)NC(=O)[C@@H](CC)N(Cc1ccc(C)cc1)C(=O)CN(C)S(=O)(=O)c1ccc(Cl)cc1. The van der Waals surface area contributed by atoms with Gasteiger partial charge < -0.3 is 10.2 Å². The molecule has 186 valence electrons. The van der Waals surface area contributed by atoms with E-state index < -0.39 is 28.5 Å². The summed E-state index contributed by atoms with van der Waals surface area (Å²) in [7, 11) is -2.56. The van der Waals surface area contributed by atoms with Crippen molar-refractivity contribution in [3.8, 4) is 0 Å². The van der Waals surface area contributed by atoms with Gasteiger partial charge in [-0.2, -0.15) is 4.31 Å². The van der Waals surface area contributed by atoms with Crippen molar-refractivity contribution in [3.05, 3.63) is 64.7 Å². The van der Waals surface area contributed by atoms with E-state index in [0.29, 0.717) is 11.4 Å². The summed E-state index contributed by atoms with van der Waals surface area (Å²) in [4.78, 5) is 28.0. The Bertz CT molecular complexity index is 1070. The van der Waals surface area contributed by atoms with Crippen LogP contribution in [0.15, 0.2) is 53.4 Å². The Balaban J connectivity index is 2.32. The van der Waals surface area contributed by atoms with Crippen LogP contribution in [0.2, 0.25) is 5.02 Å². The van der Waals surface area contributed by atoms with Crippen LogP contribution in [-0.2, 0) is 26.2 Å². The number of benzene rings is 2. The maximum Gasteiger partial charge on any atom is 0.243 e. The molecule has 0 aromatic heterocycles. The van der Waals surface area contributed by atoms with Gasteiger partial charge in [-0.1, -0.05) is 55.3 Å². The molecule has 2 aromatic carbocycles. The van der Waals surface area contributed by atoms with Crippen LogP contribution >= 0.6 is 11.6 Å². The first-order valence-electron chi connectivity index (χ1n) is 11.4. The van der Waals surface area contributed by atoms with Gasteiger partial charge in [0.05, 0.1) is 11.4 Å². The number of carbonyl (C=O) groups is 2. The Hall–Kier alpha value is -2.42. The quantitative estimate of drug-likeness (QED) is 0.498. The summed E-state index contributed by atoms with van der Waals surface area (Å²) in [6.45, 7) is 7.48. The molecule has 0 aliphatic heterocycles. The lowest BCUT2D eigenvalue weighted by Crippen LogP contribution is -2.53. The third-order valence-corrected chi connectivity index (χ3v) is 7.81. The summed E-state index contributed by atoms with van der Waals surface area (Å²) < 4.78 is 27.0. The first-order valence-corrected chi connectivity index (χ1v) is 13.2. The largest absolute Gasteiger partial charge is 0.352 e. The molecule has 0 saturated carbocycles. The van der Waals surface area contributed by atoms with E-state index in [0.717, 1.165) is 21.9 Å². The number of rotatable bonds is 11. The van der Waals surface area contributed by atoms with E-state index >= 15 is 0 Å². The Labute approximate surface area is 208 Å². The zero-order chi connectivity index (χ0) is 25.5. The molecule has 0 unspecified atom stereocenters. The number of nitrogens with zero attached hydrogens (tertiary/aromatic N) is 2. The maximum atomic E-state index is 13.4. The molecular formula is C25H34ClN3O4S. The van der Waals surface area contributed by atoms with E-state index in [1.165, 1.54) is 36.2 Å². The number of hydrogen-bond acceptors (Lipinski definition) is 4. The third kappa shape index (κ3) is 7.29. The van der Waals surface area contributed by atoms with Crippen molar-refractivity contribution in [1.29, 1.82) is 0 Å². The van der Waals surface area contributed by atoms with Gasteiger partial charge in [0.1, 0.15) is 6.04 Å². The maximum absolute atomic E-state index is 13.4. The minimum Gasteiger partial charge on any atom is -0.352 e. The van der Waals surface area contributed by atoms with Crippen LogP contribution in [0.25, 0.3) is 0 Å². The van der Waals surface area contributed by atoms with E-state index in [2.05, 4.69) is 5.32 Å². The normalized spacial score (nSPS) is 13.4. The predicted molar refractivity (Wildman–Crippen MR) is 135 cm³/mol. The number of carbonyl (C=O) groups excluding carboxylic acids is 2. The Morgan fingerprint density at radius 3 is 2.12 bits per heavy atom. The molecule has 34 heavy (non-hydrogen) atoms. The molecule has 0 saturated heterocycles. The highest BCUT2D eigenvalue weighted by molar-refractivity contribution is 7.89. The topological polar surface area (TPSA) is 86.8 Å². The van der Waals surface area contributed by atoms with E-state index in [4.69, 9.17) is 11.6 Å². The summed E-state index contributed by atoms with van der Waals surface area (Å²) in [5.74, 6) is -0.702. The molecule has 2 atom stereocenters. The van der Waals surface area contributed by atoms with Gasteiger partial charge in [-0.3, -0.25) is 9.59 Å². The van der Waals surface area contributed by atoms with Crippen molar-refractivity contribution < 1.29 is 18.0 Å². The molecular weight excluding hydrogens is 474 g/mol. The Morgan fingerprint density at radius 2 is 1.59 bits per heavy atom. The molecule has 1 N–H and O–H groups in total. The average Bonchev–Trinajstić information content (AvgIpc) is 2.80. The van der Waals surface area contributed by atoms with Crippen LogP contribution in [0.3, 0.4) is 0 Å². The lowest BCUT2D eigenvalue weighted by atomic mass is 10.1. The van der Waals surface area contributed by atoms with Gasteiger partial charge in [0.15, 0.2) is 0 Å². The number of hydrogen-bond donors (Lipinski definition) is 1. The van der Waals surface area contributed by atoms with Crippen molar-refractivity contribution in [2.24, 2.45) is 0 Å². The highest BCUT2D eigenvalue weighted by atomic mass is 35.5. The number of sulfonamides is 1. The molecule has 2 aromatic rings. The van der Waals surface area contributed by atoms with Gasteiger partial charge in [0.2, 0.25) is 21.8 Å². The third-order valence-electron chi connectivity index (χ3n) is 5.74. The van der Waals surface area contributed by atoms with Crippen molar-refractivity contribution in [1.82, 2.24) is 14.5 Å². The number of amides is 2. The smallest absolute Gasteiger partial charge is 0.243 e. The summed E-state index contributed by atoms with van der Waals surface area (Å²) in [6.07, 6.45) is 1.16. The van der Waals surface area contributed by atoms with E-state index in [1.54, 1.807) is 0 Å².